The quantitative estimate of drug-likeness (QED) is 0.417. The first-order valence-corrected chi connectivity index (χ1v) is 10.2. The summed E-state index contributed by atoms with van der Waals surface area (Å²) in [4.78, 5) is 0. The zero-order valence-corrected chi connectivity index (χ0v) is 16.7. The van der Waals surface area contributed by atoms with Gasteiger partial charge in [0.15, 0.2) is 11.6 Å². The van der Waals surface area contributed by atoms with Crippen molar-refractivity contribution in [1.29, 1.82) is 0 Å². The Balaban J connectivity index is 0.00000109. The van der Waals surface area contributed by atoms with Crippen LogP contribution in [0, 0.1) is 23.4 Å². The molecule has 3 aromatic rings. The van der Waals surface area contributed by atoms with Crippen LogP contribution >= 0.6 is 0 Å². The molecule has 0 heterocycles. The number of fused-ring (bicyclic) bond motifs is 1. The minimum atomic E-state index is -1.13. The van der Waals surface area contributed by atoms with Crippen molar-refractivity contribution in [3.63, 3.8) is 0 Å². The van der Waals surface area contributed by atoms with Crippen molar-refractivity contribution < 1.29 is 13.2 Å². The molecule has 3 heteroatoms. The van der Waals surface area contributed by atoms with E-state index in [9.17, 15) is 13.2 Å². The Kier molecular flexibility index (Phi) is 6.43. The van der Waals surface area contributed by atoms with Crippen LogP contribution in [0.25, 0.3) is 21.9 Å². The highest BCUT2D eigenvalue weighted by atomic mass is 19.2. The third kappa shape index (κ3) is 4.09. The molecule has 0 N–H and O–H groups in total. The molecule has 0 amide bonds. The van der Waals surface area contributed by atoms with E-state index in [4.69, 9.17) is 0 Å². The molecule has 0 atom stereocenters. The maximum Gasteiger partial charge on any atom is 0.169 e. The maximum atomic E-state index is 14.4. The molecule has 0 aromatic heterocycles. The summed E-state index contributed by atoms with van der Waals surface area (Å²) in [6.45, 7) is 6.31. The predicted molar refractivity (Wildman–Crippen MR) is 111 cm³/mol. The number of rotatable bonds is 2. The van der Waals surface area contributed by atoms with E-state index in [2.05, 4.69) is 19.1 Å². The van der Waals surface area contributed by atoms with Crippen LogP contribution in [0.5, 0.6) is 0 Å². The van der Waals surface area contributed by atoms with Crippen molar-refractivity contribution in [1.82, 2.24) is 0 Å². The van der Waals surface area contributed by atoms with Crippen molar-refractivity contribution in [3.8, 4) is 11.1 Å². The molecule has 0 radical (unpaired) electrons. The van der Waals surface area contributed by atoms with Gasteiger partial charge in [-0.3, -0.25) is 0 Å². The van der Waals surface area contributed by atoms with E-state index < -0.39 is 17.5 Å². The average Bonchev–Trinajstić information content (AvgIpc) is 2.73. The first-order valence-electron chi connectivity index (χ1n) is 10.2. The van der Waals surface area contributed by atoms with Crippen molar-refractivity contribution >= 4 is 10.8 Å². The van der Waals surface area contributed by atoms with E-state index in [1.165, 1.54) is 43.4 Å². The van der Waals surface area contributed by atoms with Gasteiger partial charge in [0.1, 0.15) is 5.82 Å². The SMILES string of the molecule is CC.CC1CCC(c2ccc(-c3cc(F)c4c(F)c(F)ccc4c3)cc2)CC1. The zero-order valence-electron chi connectivity index (χ0n) is 16.7. The molecule has 1 aliphatic rings. The van der Waals surface area contributed by atoms with Gasteiger partial charge in [-0.2, -0.15) is 0 Å². The van der Waals surface area contributed by atoms with Crippen LogP contribution in [0.2, 0.25) is 0 Å². The second-order valence-corrected chi connectivity index (χ2v) is 7.50. The summed E-state index contributed by atoms with van der Waals surface area (Å²) in [5, 5.41) is 0.0749. The van der Waals surface area contributed by atoms with Crippen LogP contribution in [0.3, 0.4) is 0 Å². The molecule has 0 spiro atoms. The van der Waals surface area contributed by atoms with Crippen molar-refractivity contribution in [2.75, 3.05) is 0 Å². The lowest BCUT2D eigenvalue weighted by molar-refractivity contribution is 0.348. The molecule has 148 valence electrons. The Morgan fingerprint density at radius 2 is 1.36 bits per heavy atom. The Morgan fingerprint density at radius 1 is 0.714 bits per heavy atom. The maximum absolute atomic E-state index is 14.4. The zero-order chi connectivity index (χ0) is 20.3. The molecule has 1 saturated carbocycles. The summed E-state index contributed by atoms with van der Waals surface area (Å²) in [5.41, 5.74) is 2.88. The summed E-state index contributed by atoms with van der Waals surface area (Å²) in [5.74, 6) is -1.48. The van der Waals surface area contributed by atoms with Gasteiger partial charge < -0.3 is 0 Å². The Hall–Kier alpha value is -2.29. The molecule has 0 aliphatic heterocycles. The van der Waals surface area contributed by atoms with E-state index >= 15 is 0 Å². The van der Waals surface area contributed by atoms with E-state index in [1.807, 2.05) is 26.0 Å². The van der Waals surface area contributed by atoms with Crippen LogP contribution < -0.4 is 0 Å². The van der Waals surface area contributed by atoms with Crippen LogP contribution in [-0.4, -0.2) is 0 Å². The monoisotopic (exact) mass is 384 g/mol. The third-order valence-electron chi connectivity index (χ3n) is 5.69. The van der Waals surface area contributed by atoms with Gasteiger partial charge >= 0.3 is 0 Å². The minimum Gasteiger partial charge on any atom is -0.206 e. The topological polar surface area (TPSA) is 0 Å². The molecule has 0 unspecified atom stereocenters. The van der Waals surface area contributed by atoms with Crippen LogP contribution in [0.1, 0.15) is 57.9 Å². The van der Waals surface area contributed by atoms with Gasteiger partial charge in [-0.05, 0) is 65.0 Å². The van der Waals surface area contributed by atoms with Gasteiger partial charge in [0.2, 0.25) is 0 Å². The number of hydrogen-bond donors (Lipinski definition) is 0. The van der Waals surface area contributed by atoms with Crippen LogP contribution in [-0.2, 0) is 0 Å². The Morgan fingerprint density at radius 3 is 2.00 bits per heavy atom. The highest BCUT2D eigenvalue weighted by Gasteiger charge is 2.20. The highest BCUT2D eigenvalue weighted by molar-refractivity contribution is 5.88. The van der Waals surface area contributed by atoms with E-state index in [0.717, 1.165) is 17.5 Å². The number of halogens is 3. The predicted octanol–water partition coefficient (Wildman–Crippen LogP) is 8.24. The summed E-state index contributed by atoms with van der Waals surface area (Å²) in [6.07, 6.45) is 4.97. The lowest BCUT2D eigenvalue weighted by Gasteiger charge is -2.26. The fourth-order valence-corrected chi connectivity index (χ4v) is 4.05. The smallest absolute Gasteiger partial charge is 0.169 e. The van der Waals surface area contributed by atoms with Crippen molar-refractivity contribution in [2.45, 2.75) is 52.4 Å². The summed E-state index contributed by atoms with van der Waals surface area (Å²) in [6, 6.07) is 13.7. The van der Waals surface area contributed by atoms with Gasteiger partial charge in [-0.25, -0.2) is 13.2 Å². The Bertz CT molecular complexity index is 936. The molecule has 0 saturated heterocycles. The second kappa shape index (κ2) is 8.81. The molecule has 1 fully saturated rings. The highest BCUT2D eigenvalue weighted by Crippen LogP contribution is 2.36. The minimum absolute atomic E-state index is 0.290. The van der Waals surface area contributed by atoms with Gasteiger partial charge in [0, 0.05) is 0 Å². The summed E-state index contributed by atoms with van der Waals surface area (Å²) >= 11 is 0. The van der Waals surface area contributed by atoms with Crippen molar-refractivity contribution in [3.05, 3.63) is 71.5 Å². The van der Waals surface area contributed by atoms with Gasteiger partial charge in [0.05, 0.1) is 5.39 Å². The Labute approximate surface area is 165 Å². The molecule has 4 rings (SSSR count). The number of benzene rings is 3. The average molecular weight is 384 g/mol. The van der Waals surface area contributed by atoms with Gasteiger partial charge in [-0.1, -0.05) is 63.9 Å². The standard InChI is InChI=1S/C23H21F3.C2H6/c1-14-2-4-15(5-3-14)16-6-8-17(9-7-16)19-12-18-10-11-20(24)23(26)22(18)21(25)13-19;1-2/h6-15H,2-5H2,1H3;1-2H3. The van der Waals surface area contributed by atoms with E-state index in [1.54, 1.807) is 6.07 Å². The van der Waals surface area contributed by atoms with Crippen LogP contribution in [0.4, 0.5) is 13.2 Å². The largest absolute Gasteiger partial charge is 0.206 e. The first-order chi connectivity index (χ1) is 13.5. The molecule has 1 aliphatic carbocycles. The number of hydrogen-bond acceptors (Lipinski definition) is 0. The van der Waals surface area contributed by atoms with Gasteiger partial charge in [0.25, 0.3) is 0 Å². The van der Waals surface area contributed by atoms with E-state index in [0.29, 0.717) is 16.9 Å². The lowest BCUT2D eigenvalue weighted by atomic mass is 9.79. The third-order valence-corrected chi connectivity index (χ3v) is 5.69. The second-order valence-electron chi connectivity index (χ2n) is 7.50. The molecular weight excluding hydrogens is 357 g/mol. The molecule has 0 bridgehead atoms. The normalized spacial score (nSPS) is 19.2. The molecule has 28 heavy (non-hydrogen) atoms. The molecule has 3 aromatic carbocycles. The molecule has 0 nitrogen and oxygen atoms in total. The fourth-order valence-electron chi connectivity index (χ4n) is 4.05. The van der Waals surface area contributed by atoms with Crippen molar-refractivity contribution in [2.24, 2.45) is 5.92 Å². The first kappa shape index (κ1) is 20.4. The fraction of sp³-hybridized carbons (Fsp3) is 0.360. The van der Waals surface area contributed by atoms with Crippen LogP contribution in [0.15, 0.2) is 48.5 Å². The summed E-state index contributed by atoms with van der Waals surface area (Å²) < 4.78 is 41.6. The van der Waals surface area contributed by atoms with Gasteiger partial charge in [-0.15, -0.1) is 0 Å². The summed E-state index contributed by atoms with van der Waals surface area (Å²) in [7, 11) is 0. The lowest BCUT2D eigenvalue weighted by Crippen LogP contribution is -2.10. The van der Waals surface area contributed by atoms with E-state index in [-0.39, 0.29) is 5.39 Å². The molecular formula is C25H27F3.